The molecular weight excluding hydrogens is 321 g/mol. The van der Waals surface area contributed by atoms with Crippen molar-refractivity contribution in [1.82, 2.24) is 4.90 Å². The molecule has 0 aliphatic heterocycles. The highest BCUT2D eigenvalue weighted by molar-refractivity contribution is 5.79. The number of rotatable bonds is 5. The van der Waals surface area contributed by atoms with Gasteiger partial charge in [-0.25, -0.2) is 4.39 Å². The lowest BCUT2D eigenvalue weighted by Crippen LogP contribution is -2.30. The van der Waals surface area contributed by atoms with Crippen LogP contribution in [-0.4, -0.2) is 23.0 Å². The second-order valence-corrected chi connectivity index (χ2v) is 6.14. The molecule has 1 amide bonds. The molecule has 0 saturated heterocycles. The molecule has 2 atom stereocenters. The van der Waals surface area contributed by atoms with Crippen LogP contribution in [-0.2, 0) is 4.79 Å². The third-order valence-electron chi connectivity index (χ3n) is 4.43. The first kappa shape index (κ1) is 17.2. The second-order valence-electron chi connectivity index (χ2n) is 6.14. The van der Waals surface area contributed by atoms with Gasteiger partial charge in [-0.15, -0.1) is 0 Å². The van der Waals surface area contributed by atoms with E-state index >= 15 is 0 Å². The maximum atomic E-state index is 13.3. The van der Waals surface area contributed by atoms with Crippen LogP contribution in [0.5, 0.6) is 0 Å². The van der Waals surface area contributed by atoms with E-state index in [0.717, 1.165) is 11.0 Å². The van der Waals surface area contributed by atoms with Gasteiger partial charge < -0.3 is 14.4 Å². The van der Waals surface area contributed by atoms with Gasteiger partial charge in [-0.1, -0.05) is 30.3 Å². The van der Waals surface area contributed by atoms with E-state index in [1.807, 2.05) is 37.3 Å². The van der Waals surface area contributed by atoms with Crippen molar-refractivity contribution in [3.63, 3.8) is 0 Å². The lowest BCUT2D eigenvalue weighted by atomic mass is 10.1. The Morgan fingerprint density at radius 1 is 1.20 bits per heavy atom. The fraction of sp³-hybridized carbons (Fsp3) is 0.250. The van der Waals surface area contributed by atoms with Crippen LogP contribution in [0.25, 0.3) is 11.0 Å². The number of carbonyl (C=O) groups is 1. The predicted octanol–water partition coefficient (Wildman–Crippen LogP) is 4.22. The minimum atomic E-state index is -1.05. The molecule has 0 saturated carbocycles. The Bertz CT molecular complexity index is 856. The first-order chi connectivity index (χ1) is 12.0. The maximum Gasteiger partial charge on any atom is 0.225 e. The zero-order valence-corrected chi connectivity index (χ0v) is 14.1. The van der Waals surface area contributed by atoms with Gasteiger partial charge in [-0.05, 0) is 36.8 Å². The van der Waals surface area contributed by atoms with E-state index in [4.69, 9.17) is 4.42 Å². The van der Waals surface area contributed by atoms with E-state index in [1.165, 1.54) is 23.1 Å². The van der Waals surface area contributed by atoms with Crippen molar-refractivity contribution in [3.05, 3.63) is 71.7 Å². The van der Waals surface area contributed by atoms with Gasteiger partial charge in [-0.3, -0.25) is 4.79 Å². The van der Waals surface area contributed by atoms with Crippen LogP contribution in [0.3, 0.4) is 0 Å². The molecule has 0 spiro atoms. The summed E-state index contributed by atoms with van der Waals surface area (Å²) in [5.74, 6) is -0.00462. The van der Waals surface area contributed by atoms with Crippen molar-refractivity contribution in [1.29, 1.82) is 0 Å². The normalized spacial score (nSPS) is 13.6. The highest BCUT2D eigenvalue weighted by Gasteiger charge is 2.23. The standard InChI is InChI=1S/C20H20FNO3/c1-13(19-11-15-6-3-4-9-18(15)25-19)22(2)20(24)12-17(23)14-7-5-8-16(21)10-14/h3-11,13,17,23H,12H2,1-2H3. The van der Waals surface area contributed by atoms with Crippen LogP contribution in [0.1, 0.15) is 36.8 Å². The Hall–Kier alpha value is -2.66. The summed E-state index contributed by atoms with van der Waals surface area (Å²) in [4.78, 5) is 14.0. The van der Waals surface area contributed by atoms with Crippen LogP contribution in [0, 0.1) is 5.82 Å². The van der Waals surface area contributed by atoms with Crippen molar-refractivity contribution >= 4 is 16.9 Å². The second kappa shape index (κ2) is 7.07. The van der Waals surface area contributed by atoms with Crippen LogP contribution >= 0.6 is 0 Å². The van der Waals surface area contributed by atoms with Gasteiger partial charge in [0.05, 0.1) is 18.6 Å². The quantitative estimate of drug-likeness (QED) is 0.756. The molecule has 0 aliphatic carbocycles. The van der Waals surface area contributed by atoms with Crippen molar-refractivity contribution < 1.29 is 18.7 Å². The summed E-state index contributed by atoms with van der Waals surface area (Å²) in [6, 6.07) is 14.9. The average Bonchev–Trinajstić information content (AvgIpc) is 3.04. The number of carbonyl (C=O) groups excluding carboxylic acids is 1. The van der Waals surface area contributed by atoms with Gasteiger partial charge in [0.1, 0.15) is 17.2 Å². The number of nitrogens with zero attached hydrogens (tertiary/aromatic N) is 1. The van der Waals surface area contributed by atoms with Crippen molar-refractivity contribution in [2.45, 2.75) is 25.5 Å². The van der Waals surface area contributed by atoms with E-state index in [-0.39, 0.29) is 18.4 Å². The first-order valence-corrected chi connectivity index (χ1v) is 8.13. The van der Waals surface area contributed by atoms with Crippen molar-refractivity contribution in [2.75, 3.05) is 7.05 Å². The molecule has 1 heterocycles. The summed E-state index contributed by atoms with van der Waals surface area (Å²) in [5, 5.41) is 11.2. The third kappa shape index (κ3) is 3.72. The summed E-state index contributed by atoms with van der Waals surface area (Å²) >= 11 is 0. The summed E-state index contributed by atoms with van der Waals surface area (Å²) in [6.07, 6.45) is -1.17. The molecule has 2 aromatic carbocycles. The molecule has 130 valence electrons. The Labute approximate surface area is 145 Å². The van der Waals surface area contributed by atoms with E-state index in [0.29, 0.717) is 11.3 Å². The molecule has 1 N–H and O–H groups in total. The lowest BCUT2D eigenvalue weighted by Gasteiger charge is -2.24. The number of hydrogen-bond acceptors (Lipinski definition) is 3. The Morgan fingerprint density at radius 3 is 2.68 bits per heavy atom. The van der Waals surface area contributed by atoms with Gasteiger partial charge in [0.15, 0.2) is 0 Å². The molecule has 0 bridgehead atoms. The topological polar surface area (TPSA) is 53.7 Å². The van der Waals surface area contributed by atoms with Gasteiger partial charge in [0.2, 0.25) is 5.91 Å². The minimum Gasteiger partial charge on any atom is -0.459 e. The average molecular weight is 341 g/mol. The lowest BCUT2D eigenvalue weighted by molar-refractivity contribution is -0.134. The van der Waals surface area contributed by atoms with Gasteiger partial charge in [0, 0.05) is 12.4 Å². The van der Waals surface area contributed by atoms with Crippen molar-refractivity contribution in [3.8, 4) is 0 Å². The third-order valence-corrected chi connectivity index (χ3v) is 4.43. The van der Waals surface area contributed by atoms with Gasteiger partial charge >= 0.3 is 0 Å². The number of fused-ring (bicyclic) bond motifs is 1. The fourth-order valence-electron chi connectivity index (χ4n) is 2.76. The van der Waals surface area contributed by atoms with E-state index < -0.39 is 11.9 Å². The summed E-state index contributed by atoms with van der Waals surface area (Å²) in [7, 11) is 1.67. The number of benzene rings is 2. The highest BCUT2D eigenvalue weighted by atomic mass is 19.1. The predicted molar refractivity (Wildman–Crippen MR) is 93.4 cm³/mol. The molecule has 0 radical (unpaired) electrons. The number of aliphatic hydroxyl groups is 1. The molecule has 25 heavy (non-hydrogen) atoms. The molecule has 0 aliphatic rings. The highest BCUT2D eigenvalue weighted by Crippen LogP contribution is 2.28. The van der Waals surface area contributed by atoms with Crippen LogP contribution in [0.2, 0.25) is 0 Å². The van der Waals surface area contributed by atoms with Crippen LogP contribution < -0.4 is 0 Å². The molecule has 5 heteroatoms. The largest absolute Gasteiger partial charge is 0.459 e. The Morgan fingerprint density at radius 2 is 1.96 bits per heavy atom. The molecule has 3 aromatic rings. The number of hydrogen-bond donors (Lipinski definition) is 1. The number of aliphatic hydroxyl groups excluding tert-OH is 1. The number of furan rings is 1. The Balaban J connectivity index is 1.70. The van der Waals surface area contributed by atoms with E-state index in [1.54, 1.807) is 13.1 Å². The van der Waals surface area contributed by atoms with Crippen LogP contribution in [0.15, 0.2) is 59.0 Å². The van der Waals surface area contributed by atoms with E-state index in [2.05, 4.69) is 0 Å². The fourth-order valence-corrected chi connectivity index (χ4v) is 2.76. The Kier molecular flexibility index (Phi) is 4.86. The molecular formula is C20H20FNO3. The molecule has 0 fully saturated rings. The van der Waals surface area contributed by atoms with E-state index in [9.17, 15) is 14.3 Å². The first-order valence-electron chi connectivity index (χ1n) is 8.13. The summed E-state index contributed by atoms with van der Waals surface area (Å²) in [6.45, 7) is 1.87. The zero-order valence-electron chi connectivity index (χ0n) is 14.1. The monoisotopic (exact) mass is 341 g/mol. The zero-order chi connectivity index (χ0) is 18.0. The maximum absolute atomic E-state index is 13.3. The van der Waals surface area contributed by atoms with Gasteiger partial charge in [-0.2, -0.15) is 0 Å². The SMILES string of the molecule is CC(c1cc2ccccc2o1)N(C)C(=O)CC(O)c1cccc(F)c1. The molecule has 3 rings (SSSR count). The minimum absolute atomic E-state index is 0.121. The van der Waals surface area contributed by atoms with Crippen molar-refractivity contribution in [2.24, 2.45) is 0 Å². The van der Waals surface area contributed by atoms with Gasteiger partial charge in [0.25, 0.3) is 0 Å². The number of para-hydroxylation sites is 1. The molecule has 1 aromatic heterocycles. The van der Waals surface area contributed by atoms with Crippen LogP contribution in [0.4, 0.5) is 4.39 Å². The molecule has 2 unspecified atom stereocenters. The summed E-state index contributed by atoms with van der Waals surface area (Å²) in [5.41, 5.74) is 1.16. The molecule has 4 nitrogen and oxygen atoms in total. The number of halogens is 1. The smallest absolute Gasteiger partial charge is 0.225 e. The summed E-state index contributed by atoms with van der Waals surface area (Å²) < 4.78 is 19.1. The number of amides is 1.